The molecule has 1 aliphatic carbocycles. The van der Waals surface area contributed by atoms with Crippen LogP contribution in [0.4, 0.5) is 0 Å². The minimum absolute atomic E-state index is 0.111. The fourth-order valence-corrected chi connectivity index (χ4v) is 2.08. The van der Waals surface area contributed by atoms with Crippen LogP contribution in [-0.4, -0.2) is 29.9 Å². The van der Waals surface area contributed by atoms with E-state index in [1.807, 2.05) is 18.9 Å². The molecule has 0 aliphatic heterocycles. The van der Waals surface area contributed by atoms with Gasteiger partial charge in [-0.3, -0.25) is 4.79 Å². The van der Waals surface area contributed by atoms with E-state index in [4.69, 9.17) is 5.73 Å². The van der Waals surface area contributed by atoms with Crippen molar-refractivity contribution in [3.8, 4) is 0 Å². The van der Waals surface area contributed by atoms with Gasteiger partial charge in [-0.25, -0.2) is 0 Å². The van der Waals surface area contributed by atoms with Gasteiger partial charge in [-0.1, -0.05) is 26.2 Å². The maximum absolute atomic E-state index is 11.8. The molecule has 14 heavy (non-hydrogen) atoms. The van der Waals surface area contributed by atoms with E-state index in [1.54, 1.807) is 0 Å². The quantitative estimate of drug-likeness (QED) is 0.747. The largest absolute Gasteiger partial charge is 0.341 e. The van der Waals surface area contributed by atoms with Gasteiger partial charge in [0.1, 0.15) is 0 Å². The van der Waals surface area contributed by atoms with Crippen LogP contribution in [0.15, 0.2) is 0 Å². The van der Waals surface area contributed by atoms with Crippen molar-refractivity contribution >= 4 is 5.91 Å². The molecule has 0 saturated heterocycles. The molecule has 0 heterocycles. The highest BCUT2D eigenvalue weighted by molar-refractivity contribution is 5.81. The molecule has 0 radical (unpaired) electrons. The second-order valence-corrected chi connectivity index (χ2v) is 4.26. The Balaban J connectivity index is 2.45. The van der Waals surface area contributed by atoms with Crippen molar-refractivity contribution in [3.05, 3.63) is 0 Å². The third-order valence-electron chi connectivity index (χ3n) is 3.23. The van der Waals surface area contributed by atoms with Gasteiger partial charge in [0, 0.05) is 13.1 Å². The molecule has 0 bridgehead atoms. The molecule has 0 spiro atoms. The Labute approximate surface area is 86.6 Å². The number of rotatable bonds is 3. The Morgan fingerprint density at radius 3 is 2.50 bits per heavy atom. The predicted octanol–water partition coefficient (Wildman–Crippen LogP) is 1.51. The molecule has 2 N–H and O–H groups in total. The molecule has 1 rings (SSSR count). The van der Waals surface area contributed by atoms with Crippen molar-refractivity contribution in [2.24, 2.45) is 5.73 Å². The first-order chi connectivity index (χ1) is 6.66. The third kappa shape index (κ3) is 2.71. The first-order valence-corrected chi connectivity index (χ1v) is 5.69. The van der Waals surface area contributed by atoms with Crippen LogP contribution in [0.2, 0.25) is 0 Å². The molecule has 0 unspecified atom stereocenters. The normalized spacial score (nSPS) is 20.5. The van der Waals surface area contributed by atoms with Crippen molar-refractivity contribution in [1.29, 1.82) is 0 Å². The average molecular weight is 198 g/mol. The van der Waals surface area contributed by atoms with E-state index in [0.717, 1.165) is 19.3 Å². The van der Waals surface area contributed by atoms with Crippen molar-refractivity contribution in [2.45, 2.75) is 57.5 Å². The summed E-state index contributed by atoms with van der Waals surface area (Å²) in [6, 6.07) is 0.135. The summed E-state index contributed by atoms with van der Waals surface area (Å²) in [5.41, 5.74) is 5.73. The van der Waals surface area contributed by atoms with Crippen LogP contribution < -0.4 is 5.73 Å². The van der Waals surface area contributed by atoms with Crippen LogP contribution in [0.3, 0.4) is 0 Å². The van der Waals surface area contributed by atoms with Crippen LogP contribution in [-0.2, 0) is 4.79 Å². The molecular formula is C11H22N2O. The highest BCUT2D eigenvalue weighted by Gasteiger charge is 2.24. The minimum Gasteiger partial charge on any atom is -0.341 e. The number of amides is 1. The van der Waals surface area contributed by atoms with Gasteiger partial charge in [0.15, 0.2) is 0 Å². The summed E-state index contributed by atoms with van der Waals surface area (Å²) in [6.07, 6.45) is 6.86. The Morgan fingerprint density at radius 1 is 1.43 bits per heavy atom. The van der Waals surface area contributed by atoms with Crippen LogP contribution in [0.5, 0.6) is 0 Å². The van der Waals surface area contributed by atoms with Gasteiger partial charge in [-0.15, -0.1) is 0 Å². The van der Waals surface area contributed by atoms with E-state index in [2.05, 4.69) is 0 Å². The summed E-state index contributed by atoms with van der Waals surface area (Å²) < 4.78 is 0. The summed E-state index contributed by atoms with van der Waals surface area (Å²) in [4.78, 5) is 13.6. The van der Waals surface area contributed by atoms with Gasteiger partial charge in [0.05, 0.1) is 6.04 Å². The fourth-order valence-electron chi connectivity index (χ4n) is 2.08. The number of hydrogen-bond donors (Lipinski definition) is 1. The number of likely N-dealkylation sites (N-methyl/N-ethyl adjacent to an activating group) is 1. The van der Waals surface area contributed by atoms with Crippen molar-refractivity contribution in [3.63, 3.8) is 0 Å². The molecule has 82 valence electrons. The molecule has 0 aromatic heterocycles. The lowest BCUT2D eigenvalue weighted by atomic mass is 9.94. The Hall–Kier alpha value is -0.570. The van der Waals surface area contributed by atoms with Crippen LogP contribution in [0.25, 0.3) is 0 Å². The zero-order valence-corrected chi connectivity index (χ0v) is 9.33. The second-order valence-electron chi connectivity index (χ2n) is 4.26. The maximum atomic E-state index is 11.8. The summed E-state index contributed by atoms with van der Waals surface area (Å²) in [6.45, 7) is 1.96. The minimum atomic E-state index is -0.304. The van der Waals surface area contributed by atoms with Crippen LogP contribution >= 0.6 is 0 Å². The lowest BCUT2D eigenvalue weighted by molar-refractivity contribution is -0.134. The highest BCUT2D eigenvalue weighted by atomic mass is 16.2. The van der Waals surface area contributed by atoms with Gasteiger partial charge in [-0.05, 0) is 19.3 Å². The van der Waals surface area contributed by atoms with Crippen molar-refractivity contribution in [2.75, 3.05) is 7.05 Å². The lowest BCUT2D eigenvalue weighted by Crippen LogP contribution is -2.46. The Kier molecular flexibility index (Phi) is 4.39. The van der Waals surface area contributed by atoms with E-state index >= 15 is 0 Å². The number of carbonyl (C=O) groups is 1. The molecule has 0 aromatic carbocycles. The van der Waals surface area contributed by atoms with E-state index in [1.165, 1.54) is 19.3 Å². The van der Waals surface area contributed by atoms with Crippen molar-refractivity contribution < 1.29 is 4.79 Å². The third-order valence-corrected chi connectivity index (χ3v) is 3.23. The molecule has 0 aromatic rings. The second kappa shape index (κ2) is 5.35. The summed E-state index contributed by atoms with van der Waals surface area (Å²) in [7, 11) is 1.90. The van der Waals surface area contributed by atoms with Crippen LogP contribution in [0.1, 0.15) is 45.4 Å². The zero-order chi connectivity index (χ0) is 10.6. The average Bonchev–Trinajstić information content (AvgIpc) is 2.27. The predicted molar refractivity (Wildman–Crippen MR) is 57.9 cm³/mol. The van der Waals surface area contributed by atoms with Crippen molar-refractivity contribution in [1.82, 2.24) is 4.90 Å². The summed E-state index contributed by atoms with van der Waals surface area (Å²) in [5.74, 6) is 0.111. The summed E-state index contributed by atoms with van der Waals surface area (Å²) >= 11 is 0. The first kappa shape index (κ1) is 11.5. The standard InChI is InChI=1S/C11H22N2O/c1-3-10(12)11(14)13(2)9-7-5-4-6-8-9/h9-10H,3-8,12H2,1-2H3/t10-/m0/s1. The molecule has 3 nitrogen and oxygen atoms in total. The van der Waals surface area contributed by atoms with Crippen LogP contribution in [0, 0.1) is 0 Å². The molecule has 1 amide bonds. The number of hydrogen-bond acceptors (Lipinski definition) is 2. The van der Waals surface area contributed by atoms with Gasteiger partial charge >= 0.3 is 0 Å². The first-order valence-electron chi connectivity index (χ1n) is 5.69. The van der Waals surface area contributed by atoms with E-state index < -0.39 is 0 Å². The van der Waals surface area contributed by atoms with E-state index in [9.17, 15) is 4.79 Å². The summed E-state index contributed by atoms with van der Waals surface area (Å²) in [5, 5.41) is 0. The maximum Gasteiger partial charge on any atom is 0.239 e. The van der Waals surface area contributed by atoms with E-state index in [-0.39, 0.29) is 11.9 Å². The fraction of sp³-hybridized carbons (Fsp3) is 0.909. The topological polar surface area (TPSA) is 46.3 Å². The smallest absolute Gasteiger partial charge is 0.239 e. The van der Waals surface area contributed by atoms with Gasteiger partial charge in [0.2, 0.25) is 5.91 Å². The molecule has 1 saturated carbocycles. The van der Waals surface area contributed by atoms with E-state index in [0.29, 0.717) is 6.04 Å². The molecule has 3 heteroatoms. The Morgan fingerprint density at radius 2 is 2.00 bits per heavy atom. The van der Waals surface area contributed by atoms with Gasteiger partial charge in [0.25, 0.3) is 0 Å². The van der Waals surface area contributed by atoms with Gasteiger partial charge in [-0.2, -0.15) is 0 Å². The SMILES string of the molecule is CC[C@H](N)C(=O)N(C)C1CCCCC1. The number of nitrogens with two attached hydrogens (primary N) is 1. The molecule has 1 fully saturated rings. The number of carbonyl (C=O) groups excluding carboxylic acids is 1. The monoisotopic (exact) mass is 198 g/mol. The molecule has 1 atom stereocenters. The highest BCUT2D eigenvalue weighted by Crippen LogP contribution is 2.21. The zero-order valence-electron chi connectivity index (χ0n) is 9.33. The number of nitrogens with zero attached hydrogens (tertiary/aromatic N) is 1. The lowest BCUT2D eigenvalue weighted by Gasteiger charge is -2.32. The van der Waals surface area contributed by atoms with Gasteiger partial charge < -0.3 is 10.6 Å². The molecular weight excluding hydrogens is 176 g/mol. The molecule has 1 aliphatic rings. The Bertz CT molecular complexity index is 188.